The summed E-state index contributed by atoms with van der Waals surface area (Å²) in [5.74, 6) is 0.786. The predicted molar refractivity (Wildman–Crippen MR) is 96.2 cm³/mol. The highest BCUT2D eigenvalue weighted by atomic mass is 16.3. The molecule has 0 bridgehead atoms. The molecule has 0 spiro atoms. The van der Waals surface area contributed by atoms with E-state index < -0.39 is 0 Å². The van der Waals surface area contributed by atoms with Gasteiger partial charge in [0.05, 0.1) is 12.8 Å². The van der Waals surface area contributed by atoms with E-state index in [1.807, 2.05) is 12.1 Å². The second-order valence-corrected chi connectivity index (χ2v) is 6.13. The standard InChI is InChI=1S/C19H25N3O2/c23-19(21-15-18-5-4-14-24-18)10-11-20-16-6-8-17(9-7-16)22-12-2-1-3-13-22/h4-9,14,20H,1-3,10-13,15H2,(H,21,23). The summed E-state index contributed by atoms with van der Waals surface area (Å²) in [7, 11) is 0. The van der Waals surface area contributed by atoms with Crippen LogP contribution < -0.4 is 15.5 Å². The fourth-order valence-corrected chi connectivity index (χ4v) is 2.95. The molecule has 1 aliphatic rings. The fraction of sp³-hybridized carbons (Fsp3) is 0.421. The van der Waals surface area contributed by atoms with Crippen molar-refractivity contribution in [1.29, 1.82) is 0 Å². The topological polar surface area (TPSA) is 57.5 Å². The molecular weight excluding hydrogens is 302 g/mol. The van der Waals surface area contributed by atoms with Gasteiger partial charge in [-0.15, -0.1) is 0 Å². The number of hydrogen-bond donors (Lipinski definition) is 2. The molecule has 24 heavy (non-hydrogen) atoms. The number of furan rings is 1. The van der Waals surface area contributed by atoms with E-state index in [9.17, 15) is 4.79 Å². The van der Waals surface area contributed by atoms with E-state index >= 15 is 0 Å². The first kappa shape index (κ1) is 16.4. The highest BCUT2D eigenvalue weighted by Gasteiger charge is 2.10. The Bertz CT molecular complexity index is 617. The van der Waals surface area contributed by atoms with Crippen LogP contribution in [-0.2, 0) is 11.3 Å². The Morgan fingerprint density at radius 3 is 2.58 bits per heavy atom. The van der Waals surface area contributed by atoms with Gasteiger partial charge in [0.25, 0.3) is 0 Å². The van der Waals surface area contributed by atoms with E-state index in [0.29, 0.717) is 19.5 Å². The predicted octanol–water partition coefficient (Wildman–Crippen LogP) is 3.39. The first-order valence-electron chi connectivity index (χ1n) is 8.69. The number of anilines is 2. The molecule has 1 fully saturated rings. The molecule has 0 unspecified atom stereocenters. The summed E-state index contributed by atoms with van der Waals surface area (Å²) < 4.78 is 5.18. The van der Waals surface area contributed by atoms with Crippen LogP contribution >= 0.6 is 0 Å². The number of nitrogens with zero attached hydrogens (tertiary/aromatic N) is 1. The SMILES string of the molecule is O=C(CCNc1ccc(N2CCCCC2)cc1)NCc1ccco1. The number of benzene rings is 1. The van der Waals surface area contributed by atoms with Gasteiger partial charge in [-0.05, 0) is 55.7 Å². The maximum Gasteiger partial charge on any atom is 0.222 e. The van der Waals surface area contributed by atoms with Crippen LogP contribution in [0.3, 0.4) is 0 Å². The lowest BCUT2D eigenvalue weighted by atomic mass is 10.1. The number of nitrogens with one attached hydrogen (secondary N) is 2. The molecule has 3 rings (SSSR count). The molecular formula is C19H25N3O2. The molecule has 1 aromatic carbocycles. The number of amides is 1. The molecule has 2 aromatic rings. The Kier molecular flexibility index (Phi) is 5.77. The van der Waals surface area contributed by atoms with Crippen LogP contribution in [0.4, 0.5) is 11.4 Å². The van der Waals surface area contributed by atoms with Gasteiger partial charge in [0.15, 0.2) is 0 Å². The highest BCUT2D eigenvalue weighted by Crippen LogP contribution is 2.21. The maximum absolute atomic E-state index is 11.8. The van der Waals surface area contributed by atoms with Crippen LogP contribution in [0, 0.1) is 0 Å². The van der Waals surface area contributed by atoms with Crippen molar-refractivity contribution in [3.8, 4) is 0 Å². The quantitative estimate of drug-likeness (QED) is 0.818. The molecule has 0 saturated carbocycles. The van der Waals surface area contributed by atoms with Crippen molar-refractivity contribution in [2.45, 2.75) is 32.2 Å². The Morgan fingerprint density at radius 1 is 1.08 bits per heavy atom. The summed E-state index contributed by atoms with van der Waals surface area (Å²) in [6.45, 7) is 3.37. The number of piperidine rings is 1. The summed E-state index contributed by atoms with van der Waals surface area (Å²) in [4.78, 5) is 14.2. The molecule has 5 heteroatoms. The maximum atomic E-state index is 11.8. The third-order valence-corrected chi connectivity index (χ3v) is 4.31. The van der Waals surface area contributed by atoms with Gasteiger partial charge in [0, 0.05) is 37.4 Å². The number of carbonyl (C=O) groups excluding carboxylic acids is 1. The van der Waals surface area contributed by atoms with Crippen molar-refractivity contribution in [2.75, 3.05) is 29.9 Å². The second-order valence-electron chi connectivity index (χ2n) is 6.13. The number of hydrogen-bond acceptors (Lipinski definition) is 4. The largest absolute Gasteiger partial charge is 0.467 e. The summed E-state index contributed by atoms with van der Waals surface area (Å²) >= 11 is 0. The molecule has 2 heterocycles. The third kappa shape index (κ3) is 4.78. The lowest BCUT2D eigenvalue weighted by Crippen LogP contribution is -2.29. The monoisotopic (exact) mass is 327 g/mol. The van der Waals surface area contributed by atoms with Crippen molar-refractivity contribution in [3.05, 3.63) is 48.4 Å². The average molecular weight is 327 g/mol. The van der Waals surface area contributed by atoms with Crippen molar-refractivity contribution >= 4 is 17.3 Å². The summed E-state index contributed by atoms with van der Waals surface area (Å²) in [5, 5.41) is 6.14. The summed E-state index contributed by atoms with van der Waals surface area (Å²) in [5.41, 5.74) is 2.34. The smallest absolute Gasteiger partial charge is 0.222 e. The normalized spacial score (nSPS) is 14.4. The zero-order valence-electron chi connectivity index (χ0n) is 14.0. The summed E-state index contributed by atoms with van der Waals surface area (Å²) in [6.07, 6.45) is 5.96. The van der Waals surface area contributed by atoms with Gasteiger partial charge >= 0.3 is 0 Å². The minimum absolute atomic E-state index is 0.0174. The van der Waals surface area contributed by atoms with Gasteiger partial charge in [0.1, 0.15) is 5.76 Å². The van der Waals surface area contributed by atoms with Crippen molar-refractivity contribution < 1.29 is 9.21 Å². The van der Waals surface area contributed by atoms with E-state index in [-0.39, 0.29) is 5.91 Å². The Labute approximate surface area is 143 Å². The molecule has 1 aliphatic heterocycles. The van der Waals surface area contributed by atoms with Crippen LogP contribution in [0.25, 0.3) is 0 Å². The molecule has 128 valence electrons. The molecule has 0 radical (unpaired) electrons. The molecule has 1 amide bonds. The van der Waals surface area contributed by atoms with E-state index in [0.717, 1.165) is 24.5 Å². The van der Waals surface area contributed by atoms with E-state index in [2.05, 4.69) is 39.8 Å². The Hall–Kier alpha value is -2.43. The lowest BCUT2D eigenvalue weighted by molar-refractivity contribution is -0.121. The van der Waals surface area contributed by atoms with Crippen molar-refractivity contribution in [2.24, 2.45) is 0 Å². The van der Waals surface area contributed by atoms with E-state index in [4.69, 9.17) is 4.42 Å². The minimum atomic E-state index is 0.0174. The Morgan fingerprint density at radius 2 is 1.88 bits per heavy atom. The molecule has 0 aliphatic carbocycles. The van der Waals surface area contributed by atoms with Gasteiger partial charge in [-0.1, -0.05) is 0 Å². The van der Waals surface area contributed by atoms with Crippen LogP contribution in [0.1, 0.15) is 31.4 Å². The molecule has 1 saturated heterocycles. The molecule has 2 N–H and O–H groups in total. The fourth-order valence-electron chi connectivity index (χ4n) is 2.95. The first-order valence-corrected chi connectivity index (χ1v) is 8.69. The zero-order chi connectivity index (χ0) is 16.6. The van der Waals surface area contributed by atoms with E-state index in [1.54, 1.807) is 6.26 Å². The van der Waals surface area contributed by atoms with Gasteiger partial charge in [-0.25, -0.2) is 0 Å². The van der Waals surface area contributed by atoms with E-state index in [1.165, 1.54) is 24.9 Å². The van der Waals surface area contributed by atoms with Gasteiger partial charge in [0.2, 0.25) is 5.91 Å². The van der Waals surface area contributed by atoms with Gasteiger partial charge < -0.3 is 20.0 Å². The number of carbonyl (C=O) groups is 1. The highest BCUT2D eigenvalue weighted by molar-refractivity contribution is 5.76. The zero-order valence-corrected chi connectivity index (χ0v) is 14.0. The van der Waals surface area contributed by atoms with Crippen LogP contribution in [0.15, 0.2) is 47.1 Å². The molecule has 0 atom stereocenters. The third-order valence-electron chi connectivity index (χ3n) is 4.31. The van der Waals surface area contributed by atoms with Crippen molar-refractivity contribution in [1.82, 2.24) is 5.32 Å². The van der Waals surface area contributed by atoms with Crippen molar-refractivity contribution in [3.63, 3.8) is 0 Å². The Balaban J connectivity index is 1.37. The minimum Gasteiger partial charge on any atom is -0.467 e. The van der Waals surface area contributed by atoms with Crippen LogP contribution in [-0.4, -0.2) is 25.5 Å². The first-order chi connectivity index (χ1) is 11.8. The number of rotatable bonds is 7. The van der Waals surface area contributed by atoms with Gasteiger partial charge in [-0.2, -0.15) is 0 Å². The second kappa shape index (κ2) is 8.43. The molecule has 1 aromatic heterocycles. The van der Waals surface area contributed by atoms with Crippen LogP contribution in [0.5, 0.6) is 0 Å². The van der Waals surface area contributed by atoms with Gasteiger partial charge in [-0.3, -0.25) is 4.79 Å². The van der Waals surface area contributed by atoms with Crippen LogP contribution in [0.2, 0.25) is 0 Å². The lowest BCUT2D eigenvalue weighted by Gasteiger charge is -2.28. The molecule has 5 nitrogen and oxygen atoms in total. The average Bonchev–Trinajstić information content (AvgIpc) is 3.15. The summed E-state index contributed by atoms with van der Waals surface area (Å²) in [6, 6.07) is 12.2.